The molecule has 3 heterocycles. The van der Waals surface area contributed by atoms with Gasteiger partial charge in [0.05, 0.1) is 31.5 Å². The van der Waals surface area contributed by atoms with Gasteiger partial charge in [-0.05, 0) is 6.92 Å². The van der Waals surface area contributed by atoms with E-state index >= 15 is 0 Å². The van der Waals surface area contributed by atoms with Gasteiger partial charge in [0.1, 0.15) is 59.6 Å². The Balaban J connectivity index is 1.47. The van der Waals surface area contributed by atoms with Gasteiger partial charge in [-0.1, -0.05) is 0 Å². The maximum atomic E-state index is 10.7. The number of rotatable bonds is 7. The summed E-state index contributed by atoms with van der Waals surface area (Å²) >= 11 is 0. The lowest BCUT2D eigenvalue weighted by molar-refractivity contribution is -0.318. The second kappa shape index (κ2) is 12.4. The third-order valence-electron chi connectivity index (χ3n) is 7.50. The van der Waals surface area contributed by atoms with Crippen LogP contribution in [0.2, 0.25) is 0 Å². The van der Waals surface area contributed by atoms with Crippen LogP contribution >= 0.6 is 0 Å². The molecule has 0 amide bonds. The zero-order valence-electron chi connectivity index (χ0n) is 23.3. The number of phenolic OH excluding ortho intramolecular Hbond substituents is 4. The van der Waals surface area contributed by atoms with Crippen molar-refractivity contribution in [3.05, 3.63) is 30.3 Å². The zero-order valence-corrected chi connectivity index (χ0v) is 23.3. The number of aliphatic hydroxyl groups is 6. The van der Waals surface area contributed by atoms with E-state index in [1.807, 2.05) is 0 Å². The molecule has 240 valence electrons. The highest BCUT2D eigenvalue weighted by atomic mass is 16.7. The molecule has 44 heavy (non-hydrogen) atoms. The molecule has 0 spiro atoms. The number of methoxy groups -OCH3 is 1. The Bertz CT molecular complexity index is 1500. The first kappa shape index (κ1) is 31.7. The van der Waals surface area contributed by atoms with Crippen LogP contribution in [0, 0.1) is 0 Å². The van der Waals surface area contributed by atoms with Gasteiger partial charge in [0.25, 0.3) is 0 Å². The Morgan fingerprint density at radius 3 is 2.11 bits per heavy atom. The number of benzene rings is 2. The van der Waals surface area contributed by atoms with Gasteiger partial charge in [0, 0.05) is 24.3 Å². The number of hydrogen-bond donors (Lipinski definition) is 10. The summed E-state index contributed by atoms with van der Waals surface area (Å²) in [5.41, 5.74) is 0.0387. The third-order valence-corrected chi connectivity index (χ3v) is 7.50. The van der Waals surface area contributed by atoms with Crippen LogP contribution in [0.3, 0.4) is 0 Å². The topological polar surface area (TPSA) is 260 Å². The van der Waals surface area contributed by atoms with Gasteiger partial charge in [-0.15, -0.1) is 0 Å². The highest BCUT2D eigenvalue weighted by molar-refractivity contribution is 5.88. The molecule has 2 saturated heterocycles. The molecule has 10 N–H and O–H groups in total. The fourth-order valence-electron chi connectivity index (χ4n) is 4.97. The molecule has 1 aromatic heterocycles. The Kier molecular flexibility index (Phi) is 8.90. The van der Waals surface area contributed by atoms with Crippen molar-refractivity contribution in [3.63, 3.8) is 0 Å². The van der Waals surface area contributed by atoms with Gasteiger partial charge in [-0.25, -0.2) is 4.42 Å². The summed E-state index contributed by atoms with van der Waals surface area (Å²) in [7, 11) is 1.24. The number of phenols is 4. The van der Waals surface area contributed by atoms with Gasteiger partial charge in [0.15, 0.2) is 17.8 Å². The molecule has 0 bridgehead atoms. The van der Waals surface area contributed by atoms with Crippen molar-refractivity contribution >= 4 is 11.0 Å². The van der Waals surface area contributed by atoms with Crippen molar-refractivity contribution in [1.82, 2.24) is 0 Å². The van der Waals surface area contributed by atoms with Crippen LogP contribution in [-0.2, 0) is 14.2 Å². The Morgan fingerprint density at radius 2 is 1.41 bits per heavy atom. The molecule has 2 aromatic carbocycles. The Labute approximate surface area is 248 Å². The van der Waals surface area contributed by atoms with E-state index in [4.69, 9.17) is 28.1 Å². The summed E-state index contributed by atoms with van der Waals surface area (Å²) < 4.78 is 33.5. The van der Waals surface area contributed by atoms with Gasteiger partial charge in [-0.3, -0.25) is 0 Å². The molecule has 0 radical (unpaired) electrons. The molecule has 10 atom stereocenters. The lowest BCUT2D eigenvalue weighted by atomic mass is 9.98. The lowest BCUT2D eigenvalue weighted by Crippen LogP contribution is -2.61. The molecule has 0 unspecified atom stereocenters. The first-order valence-corrected chi connectivity index (χ1v) is 13.4. The van der Waals surface area contributed by atoms with Crippen molar-refractivity contribution < 1.29 is 79.2 Å². The summed E-state index contributed by atoms with van der Waals surface area (Å²) in [5.74, 6) is -2.45. The minimum atomic E-state index is -1.85. The highest BCUT2D eigenvalue weighted by Gasteiger charge is 2.48. The molecule has 5 rings (SSSR count). The minimum absolute atomic E-state index is 0.0317. The second-order valence-corrected chi connectivity index (χ2v) is 10.5. The number of aromatic hydroxyl groups is 4. The number of ether oxygens (including phenoxy) is 5. The van der Waals surface area contributed by atoms with Crippen molar-refractivity contribution in [3.8, 4) is 45.8 Å². The maximum Gasteiger partial charge on any atom is 0.402 e. The summed E-state index contributed by atoms with van der Waals surface area (Å²) in [6.07, 6.45) is -15.5. The molecule has 2 aliphatic rings. The maximum absolute atomic E-state index is 10.7. The highest BCUT2D eigenvalue weighted by Crippen LogP contribution is 2.45. The first-order valence-electron chi connectivity index (χ1n) is 13.4. The average Bonchev–Trinajstić information content (AvgIpc) is 2.99. The Morgan fingerprint density at radius 1 is 0.727 bits per heavy atom. The summed E-state index contributed by atoms with van der Waals surface area (Å²) in [5, 5.41) is 103. The lowest BCUT2D eigenvalue weighted by Gasteiger charge is -2.42. The normalized spacial score (nSPS) is 32.5. The van der Waals surface area contributed by atoms with E-state index in [2.05, 4.69) is 0 Å². The van der Waals surface area contributed by atoms with Crippen LogP contribution in [0.4, 0.5) is 0 Å². The smallest absolute Gasteiger partial charge is 0.402 e. The molecular weight excluding hydrogens is 592 g/mol. The van der Waals surface area contributed by atoms with Gasteiger partial charge < -0.3 is 74.7 Å². The van der Waals surface area contributed by atoms with E-state index < -0.39 is 85.3 Å². The third kappa shape index (κ3) is 5.86. The quantitative estimate of drug-likeness (QED) is 0.114. The van der Waals surface area contributed by atoms with Crippen LogP contribution in [0.25, 0.3) is 22.3 Å². The van der Waals surface area contributed by atoms with E-state index in [1.54, 1.807) is 0 Å². The summed E-state index contributed by atoms with van der Waals surface area (Å²) in [4.78, 5) is 0. The van der Waals surface area contributed by atoms with Gasteiger partial charge in [-0.2, -0.15) is 0 Å². The fourth-order valence-corrected chi connectivity index (χ4v) is 4.97. The van der Waals surface area contributed by atoms with Crippen molar-refractivity contribution in [2.45, 2.75) is 68.3 Å². The SMILES string of the molecule is COc1cc(-c2[o+]c3cc(O)cc(O)c3cc2O[C@@H]2O[C@H](CO[C@@H]3O[C@@H](C)[C@H](O)[C@@H](O)[C@H]3O)[C@@H](O)[C@H](O)[C@H]2O)cc(O)c1O. The van der Waals surface area contributed by atoms with Crippen LogP contribution in [-0.4, -0.2) is 126 Å². The minimum Gasteiger partial charge on any atom is -0.507 e. The van der Waals surface area contributed by atoms with Crippen molar-refractivity contribution in [2.24, 2.45) is 0 Å². The predicted octanol–water partition coefficient (Wildman–Crippen LogP) is -0.758. The fraction of sp³-hybridized carbons (Fsp3) is 0.464. The summed E-state index contributed by atoms with van der Waals surface area (Å²) in [6.45, 7) is 0.904. The van der Waals surface area contributed by atoms with E-state index in [1.165, 1.54) is 32.2 Å². The summed E-state index contributed by atoms with van der Waals surface area (Å²) in [6, 6.07) is 5.88. The van der Waals surface area contributed by atoms with Gasteiger partial charge in [0.2, 0.25) is 17.8 Å². The van der Waals surface area contributed by atoms with Crippen molar-refractivity contribution in [1.29, 1.82) is 0 Å². The average molecular weight is 626 g/mol. The van der Waals surface area contributed by atoms with Crippen LogP contribution in [0.1, 0.15) is 6.92 Å². The number of hydrogen-bond acceptors (Lipinski definition) is 15. The molecule has 16 nitrogen and oxygen atoms in total. The molecule has 3 aromatic rings. The molecule has 0 aliphatic carbocycles. The van der Waals surface area contributed by atoms with E-state index in [9.17, 15) is 51.1 Å². The largest absolute Gasteiger partial charge is 0.507 e. The Hall–Kier alpha value is -3.71. The predicted molar refractivity (Wildman–Crippen MR) is 145 cm³/mol. The molecule has 2 aliphatic heterocycles. The first-order chi connectivity index (χ1) is 20.8. The number of aliphatic hydroxyl groups excluding tert-OH is 6. The van der Waals surface area contributed by atoms with E-state index in [-0.39, 0.29) is 39.5 Å². The molecule has 0 saturated carbocycles. The van der Waals surface area contributed by atoms with E-state index in [0.29, 0.717) is 0 Å². The van der Waals surface area contributed by atoms with Crippen LogP contribution in [0.5, 0.6) is 34.5 Å². The van der Waals surface area contributed by atoms with Crippen LogP contribution in [0.15, 0.2) is 34.7 Å². The van der Waals surface area contributed by atoms with Crippen molar-refractivity contribution in [2.75, 3.05) is 13.7 Å². The second-order valence-electron chi connectivity index (χ2n) is 10.5. The van der Waals surface area contributed by atoms with Crippen LogP contribution < -0.4 is 9.47 Å². The molecule has 16 heteroatoms. The standard InChI is InChI=1S/C28H32O16/c1-9-19(32)22(35)24(37)27(41-9)40-8-18-21(34)23(36)25(38)28(44-18)43-17-7-12-13(30)5-11(29)6-15(12)42-26(17)10-3-14(31)20(33)16(4-10)39-2/h3-7,9,18-19,21-25,27-28,32,34-38H,8H2,1-2H3,(H3-,29,30,31,33)/p+1/t9-,18+,19-,21+,22+,23-,24+,25+,27+,28+/m0/s1. The molecular formula is C28H33O16+. The monoisotopic (exact) mass is 625 g/mol. The zero-order chi connectivity index (χ0) is 32.0. The molecule has 2 fully saturated rings. The number of fused-ring (bicyclic) bond motifs is 1. The van der Waals surface area contributed by atoms with E-state index in [0.717, 1.165) is 12.1 Å². The van der Waals surface area contributed by atoms with Gasteiger partial charge >= 0.3 is 11.3 Å².